The maximum atomic E-state index is 3.27. The van der Waals surface area contributed by atoms with E-state index in [0.29, 0.717) is 0 Å². The van der Waals surface area contributed by atoms with Crippen LogP contribution in [0.2, 0.25) is 0 Å². The molecular formula is C5H12Cl3N2Ti-3. The predicted molar refractivity (Wildman–Crippen MR) is 30.4 cm³/mol. The number of piperazine rings is 1. The Labute approximate surface area is 102 Å². The second-order valence-corrected chi connectivity index (χ2v) is 2.05. The summed E-state index contributed by atoms with van der Waals surface area (Å²) in [6.07, 6.45) is 0. The van der Waals surface area contributed by atoms with Gasteiger partial charge in [0.15, 0.2) is 0 Å². The third-order valence-corrected chi connectivity index (χ3v) is 1.34. The van der Waals surface area contributed by atoms with E-state index in [1.807, 2.05) is 0 Å². The first-order chi connectivity index (χ1) is 3.39. The van der Waals surface area contributed by atoms with E-state index < -0.39 is 0 Å². The number of nitrogens with zero attached hydrogens (tertiary/aromatic N) is 1. The Morgan fingerprint density at radius 1 is 1.00 bits per heavy atom. The summed E-state index contributed by atoms with van der Waals surface area (Å²) in [6.45, 7) is 4.74. The van der Waals surface area contributed by atoms with Crippen molar-refractivity contribution in [1.82, 2.24) is 10.2 Å². The molecule has 1 fully saturated rings. The smallest absolute Gasteiger partial charge is 0.0104 e. The van der Waals surface area contributed by atoms with Crippen molar-refractivity contribution in [3.8, 4) is 0 Å². The normalized spacial score (nSPS) is 16.1. The first kappa shape index (κ1) is 22.9. The molecule has 0 radical (unpaired) electrons. The zero-order valence-corrected chi connectivity index (χ0v) is 10.2. The van der Waals surface area contributed by atoms with Crippen LogP contribution in [-0.4, -0.2) is 38.1 Å². The van der Waals surface area contributed by atoms with Crippen LogP contribution >= 0.6 is 0 Å². The molecule has 0 aliphatic carbocycles. The Morgan fingerprint density at radius 2 is 1.36 bits per heavy atom. The van der Waals surface area contributed by atoms with E-state index in [1.165, 1.54) is 13.1 Å². The van der Waals surface area contributed by atoms with Gasteiger partial charge in [0.2, 0.25) is 0 Å². The second kappa shape index (κ2) is 14.1. The number of hydrogen-bond donors (Lipinski definition) is 1. The maximum Gasteiger partial charge on any atom is 0.0104 e. The van der Waals surface area contributed by atoms with Crippen molar-refractivity contribution in [3.05, 3.63) is 0 Å². The quantitative estimate of drug-likeness (QED) is 0.432. The number of likely N-dealkylation sites (N-methyl/N-ethyl adjacent to an activating group) is 1. The van der Waals surface area contributed by atoms with Crippen LogP contribution in [0.15, 0.2) is 0 Å². The largest absolute Gasteiger partial charge is 1.00 e. The third kappa shape index (κ3) is 11.5. The summed E-state index contributed by atoms with van der Waals surface area (Å²) in [7, 11) is 2.15. The molecule has 0 aromatic rings. The Hall–Kier alpha value is 1.50. The van der Waals surface area contributed by atoms with Crippen LogP contribution in [0.5, 0.6) is 0 Å². The van der Waals surface area contributed by atoms with Crippen molar-refractivity contribution in [2.24, 2.45) is 0 Å². The Bertz CT molecular complexity index is 61.7. The molecule has 0 unspecified atom stereocenters. The zero-order valence-electron chi connectivity index (χ0n) is 6.41. The van der Waals surface area contributed by atoms with Gasteiger partial charge in [-0.05, 0) is 7.05 Å². The molecule has 2 nitrogen and oxygen atoms in total. The van der Waals surface area contributed by atoms with Crippen LogP contribution in [0.1, 0.15) is 0 Å². The first-order valence-corrected chi connectivity index (χ1v) is 2.79. The van der Waals surface area contributed by atoms with Crippen molar-refractivity contribution in [1.29, 1.82) is 0 Å². The van der Waals surface area contributed by atoms with Gasteiger partial charge >= 0.3 is 0 Å². The average molecular weight is 254 g/mol. The SMILES string of the molecule is CN1CCNCC1.[Cl-].[Cl-].[Cl-].[Ti]. The van der Waals surface area contributed by atoms with Gasteiger partial charge < -0.3 is 47.4 Å². The molecule has 1 heterocycles. The minimum atomic E-state index is 0. The van der Waals surface area contributed by atoms with E-state index in [2.05, 4.69) is 17.3 Å². The van der Waals surface area contributed by atoms with Crippen molar-refractivity contribution in [2.45, 2.75) is 0 Å². The van der Waals surface area contributed by atoms with Gasteiger partial charge in [-0.1, -0.05) is 0 Å². The molecule has 1 aliphatic heterocycles. The number of halogens is 3. The Morgan fingerprint density at radius 3 is 1.55 bits per heavy atom. The summed E-state index contributed by atoms with van der Waals surface area (Å²) >= 11 is 0. The number of hydrogen-bond acceptors (Lipinski definition) is 2. The van der Waals surface area contributed by atoms with Crippen LogP contribution in [0.3, 0.4) is 0 Å². The average Bonchev–Trinajstić information content (AvgIpc) is 1.69. The molecule has 0 bridgehead atoms. The fourth-order valence-electron chi connectivity index (χ4n) is 0.777. The summed E-state index contributed by atoms with van der Waals surface area (Å²) in [5.41, 5.74) is 0. The molecule has 1 saturated heterocycles. The Kier molecular flexibility index (Phi) is 29.2. The van der Waals surface area contributed by atoms with Crippen molar-refractivity contribution < 1.29 is 58.9 Å². The van der Waals surface area contributed by atoms with E-state index in [0.717, 1.165) is 13.1 Å². The van der Waals surface area contributed by atoms with Crippen LogP contribution in [-0.2, 0) is 21.7 Å². The molecule has 1 aliphatic rings. The van der Waals surface area contributed by atoms with Crippen LogP contribution in [0.4, 0.5) is 0 Å². The first-order valence-electron chi connectivity index (χ1n) is 2.79. The summed E-state index contributed by atoms with van der Waals surface area (Å²) < 4.78 is 0. The molecule has 1 N–H and O–H groups in total. The van der Waals surface area contributed by atoms with Gasteiger partial charge in [0.05, 0.1) is 0 Å². The fraction of sp³-hybridized carbons (Fsp3) is 1.00. The molecule has 1 rings (SSSR count). The van der Waals surface area contributed by atoms with Crippen molar-refractivity contribution in [2.75, 3.05) is 33.2 Å². The molecule has 0 atom stereocenters. The van der Waals surface area contributed by atoms with Crippen LogP contribution in [0, 0.1) is 0 Å². The minimum absolute atomic E-state index is 0. The van der Waals surface area contributed by atoms with Gasteiger partial charge in [-0.25, -0.2) is 0 Å². The molecule has 0 aromatic heterocycles. The van der Waals surface area contributed by atoms with Gasteiger partial charge in [-0.15, -0.1) is 0 Å². The summed E-state index contributed by atoms with van der Waals surface area (Å²) in [4.78, 5) is 2.33. The van der Waals surface area contributed by atoms with E-state index in [9.17, 15) is 0 Å². The van der Waals surface area contributed by atoms with Gasteiger partial charge in [-0.2, -0.15) is 0 Å². The van der Waals surface area contributed by atoms with Crippen molar-refractivity contribution >= 4 is 0 Å². The zero-order chi connectivity index (χ0) is 5.11. The number of nitrogens with one attached hydrogen (secondary N) is 1. The summed E-state index contributed by atoms with van der Waals surface area (Å²) in [5, 5.41) is 3.27. The monoisotopic (exact) mass is 253 g/mol. The molecule has 0 aromatic carbocycles. The van der Waals surface area contributed by atoms with Crippen LogP contribution < -0.4 is 42.5 Å². The van der Waals surface area contributed by atoms with E-state index in [4.69, 9.17) is 0 Å². The summed E-state index contributed by atoms with van der Waals surface area (Å²) in [5.74, 6) is 0. The summed E-state index contributed by atoms with van der Waals surface area (Å²) in [6, 6.07) is 0. The third-order valence-electron chi connectivity index (χ3n) is 1.34. The Balaban J connectivity index is -0.0000000612. The fourth-order valence-corrected chi connectivity index (χ4v) is 0.777. The van der Waals surface area contributed by atoms with E-state index in [1.54, 1.807) is 0 Å². The molecule has 11 heavy (non-hydrogen) atoms. The van der Waals surface area contributed by atoms with Gasteiger partial charge in [0, 0.05) is 47.9 Å². The van der Waals surface area contributed by atoms with Crippen molar-refractivity contribution in [3.63, 3.8) is 0 Å². The molecule has 0 saturated carbocycles. The topological polar surface area (TPSA) is 15.3 Å². The van der Waals surface area contributed by atoms with E-state index >= 15 is 0 Å². The van der Waals surface area contributed by atoms with Gasteiger partial charge in [-0.3, -0.25) is 0 Å². The molecule has 70 valence electrons. The standard InChI is InChI=1S/C5H12N2.3ClH.Ti/c1-7-4-2-6-3-5-7;;;;/h6H,2-5H2,1H3;3*1H;/p-3. The number of rotatable bonds is 0. The maximum absolute atomic E-state index is 3.27. The van der Waals surface area contributed by atoms with Gasteiger partial charge in [0.25, 0.3) is 0 Å². The predicted octanol–water partition coefficient (Wildman–Crippen LogP) is -9.47. The van der Waals surface area contributed by atoms with Crippen LogP contribution in [0.25, 0.3) is 0 Å². The van der Waals surface area contributed by atoms with Gasteiger partial charge in [0.1, 0.15) is 0 Å². The van der Waals surface area contributed by atoms with E-state index in [-0.39, 0.29) is 58.9 Å². The second-order valence-electron chi connectivity index (χ2n) is 2.05. The molecule has 0 amide bonds. The minimum Gasteiger partial charge on any atom is -1.00 e. The molecular weight excluding hydrogens is 242 g/mol. The molecule has 6 heteroatoms. The molecule has 0 spiro atoms.